The van der Waals surface area contributed by atoms with E-state index in [0.29, 0.717) is 11.8 Å². The highest BCUT2D eigenvalue weighted by Gasteiger charge is 2.30. The zero-order valence-electron chi connectivity index (χ0n) is 12.0. The van der Waals surface area contributed by atoms with Gasteiger partial charge in [-0.3, -0.25) is 0 Å². The van der Waals surface area contributed by atoms with Gasteiger partial charge in [-0.2, -0.15) is 0 Å². The molecule has 1 atom stereocenters. The first-order chi connectivity index (χ1) is 9.09. The van der Waals surface area contributed by atoms with Crippen LogP contribution in [-0.2, 0) is 5.41 Å². The Labute approximate surface area is 114 Å². The van der Waals surface area contributed by atoms with E-state index in [2.05, 4.69) is 48.4 Å². The molecular weight excluding hydrogens is 238 g/mol. The van der Waals surface area contributed by atoms with Gasteiger partial charge in [0.05, 0.1) is 11.5 Å². The predicted molar refractivity (Wildman–Crippen MR) is 75.0 cm³/mol. The lowest BCUT2D eigenvalue weighted by Crippen LogP contribution is -2.19. The SMILES string of the molecule is CCC(NC)c1nnc(C(C)(C)c2ccccc2)o1. The number of nitrogens with one attached hydrogen (secondary N) is 1. The van der Waals surface area contributed by atoms with Crippen molar-refractivity contribution in [1.29, 1.82) is 0 Å². The fraction of sp³-hybridized carbons (Fsp3) is 0.467. The van der Waals surface area contributed by atoms with Crippen LogP contribution in [-0.4, -0.2) is 17.2 Å². The summed E-state index contributed by atoms with van der Waals surface area (Å²) < 4.78 is 5.86. The van der Waals surface area contributed by atoms with Gasteiger partial charge in [-0.1, -0.05) is 37.3 Å². The molecule has 0 saturated carbocycles. The Morgan fingerprint density at radius 2 is 1.89 bits per heavy atom. The molecule has 0 aliphatic carbocycles. The van der Waals surface area contributed by atoms with E-state index in [1.165, 1.54) is 5.56 Å². The maximum atomic E-state index is 5.86. The Morgan fingerprint density at radius 1 is 1.21 bits per heavy atom. The Morgan fingerprint density at radius 3 is 2.47 bits per heavy atom. The molecule has 1 unspecified atom stereocenters. The highest BCUT2D eigenvalue weighted by atomic mass is 16.4. The van der Waals surface area contributed by atoms with Gasteiger partial charge in [0, 0.05) is 0 Å². The van der Waals surface area contributed by atoms with Crippen molar-refractivity contribution in [3.63, 3.8) is 0 Å². The molecule has 0 aliphatic heterocycles. The van der Waals surface area contributed by atoms with Crippen molar-refractivity contribution in [2.45, 2.75) is 38.6 Å². The lowest BCUT2D eigenvalue weighted by atomic mass is 9.85. The van der Waals surface area contributed by atoms with E-state index in [1.807, 2.05) is 25.2 Å². The number of hydrogen-bond acceptors (Lipinski definition) is 4. The Bertz CT molecular complexity index is 515. The zero-order chi connectivity index (χ0) is 13.9. The van der Waals surface area contributed by atoms with Crippen LogP contribution in [0, 0.1) is 0 Å². The quantitative estimate of drug-likeness (QED) is 0.896. The summed E-state index contributed by atoms with van der Waals surface area (Å²) in [6.07, 6.45) is 0.921. The molecule has 4 nitrogen and oxygen atoms in total. The Balaban J connectivity index is 2.32. The third-order valence-corrected chi connectivity index (χ3v) is 3.53. The molecule has 1 heterocycles. The van der Waals surface area contributed by atoms with E-state index in [1.54, 1.807) is 0 Å². The fourth-order valence-corrected chi connectivity index (χ4v) is 2.11. The zero-order valence-corrected chi connectivity index (χ0v) is 12.0. The molecule has 19 heavy (non-hydrogen) atoms. The van der Waals surface area contributed by atoms with Crippen molar-refractivity contribution in [1.82, 2.24) is 15.5 Å². The van der Waals surface area contributed by atoms with Crippen molar-refractivity contribution in [2.24, 2.45) is 0 Å². The van der Waals surface area contributed by atoms with Crippen molar-refractivity contribution in [2.75, 3.05) is 7.05 Å². The maximum Gasteiger partial charge on any atom is 0.233 e. The Hall–Kier alpha value is -1.68. The number of aromatic nitrogens is 2. The van der Waals surface area contributed by atoms with E-state index in [4.69, 9.17) is 4.42 Å². The molecule has 1 aromatic heterocycles. The second-order valence-electron chi connectivity index (χ2n) is 5.19. The molecule has 0 spiro atoms. The number of hydrogen-bond donors (Lipinski definition) is 1. The first-order valence-corrected chi connectivity index (χ1v) is 6.66. The van der Waals surface area contributed by atoms with Gasteiger partial charge < -0.3 is 9.73 Å². The van der Waals surface area contributed by atoms with Crippen LogP contribution in [0.15, 0.2) is 34.7 Å². The summed E-state index contributed by atoms with van der Waals surface area (Å²) in [5.41, 5.74) is 0.890. The number of benzene rings is 1. The van der Waals surface area contributed by atoms with Crippen LogP contribution < -0.4 is 5.32 Å². The minimum Gasteiger partial charge on any atom is -0.423 e. The molecule has 1 aromatic carbocycles. The molecule has 102 valence electrons. The fourth-order valence-electron chi connectivity index (χ4n) is 2.11. The smallest absolute Gasteiger partial charge is 0.233 e. The summed E-state index contributed by atoms with van der Waals surface area (Å²) in [4.78, 5) is 0. The molecule has 2 rings (SSSR count). The number of rotatable bonds is 5. The first kappa shape index (κ1) is 13.7. The van der Waals surface area contributed by atoms with Crippen LogP contribution in [0.1, 0.15) is 50.6 Å². The summed E-state index contributed by atoms with van der Waals surface area (Å²) >= 11 is 0. The molecule has 0 radical (unpaired) electrons. The van der Waals surface area contributed by atoms with Crippen molar-refractivity contribution >= 4 is 0 Å². The van der Waals surface area contributed by atoms with Crippen LogP contribution in [0.25, 0.3) is 0 Å². The van der Waals surface area contributed by atoms with Crippen molar-refractivity contribution in [3.05, 3.63) is 47.7 Å². The third-order valence-electron chi connectivity index (χ3n) is 3.53. The molecule has 2 aromatic rings. The summed E-state index contributed by atoms with van der Waals surface area (Å²) in [6.45, 7) is 6.29. The van der Waals surface area contributed by atoms with Crippen molar-refractivity contribution < 1.29 is 4.42 Å². The van der Waals surface area contributed by atoms with Crippen LogP contribution >= 0.6 is 0 Å². The highest BCUT2D eigenvalue weighted by molar-refractivity contribution is 5.29. The summed E-state index contributed by atoms with van der Waals surface area (Å²) in [5.74, 6) is 1.31. The molecule has 0 saturated heterocycles. The van der Waals surface area contributed by atoms with E-state index < -0.39 is 0 Å². The standard InChI is InChI=1S/C15H21N3O/c1-5-12(16-4)13-17-18-14(19-13)15(2,3)11-9-7-6-8-10-11/h6-10,12,16H,5H2,1-4H3. The second kappa shape index (κ2) is 5.53. The van der Waals surface area contributed by atoms with E-state index in [9.17, 15) is 0 Å². The van der Waals surface area contributed by atoms with Gasteiger partial charge in [0.15, 0.2) is 0 Å². The van der Waals surface area contributed by atoms with Crippen LogP contribution in [0.5, 0.6) is 0 Å². The third kappa shape index (κ3) is 2.68. The normalized spacial score (nSPS) is 13.5. The van der Waals surface area contributed by atoms with Crippen LogP contribution in [0.3, 0.4) is 0 Å². The average molecular weight is 259 g/mol. The second-order valence-corrected chi connectivity index (χ2v) is 5.19. The first-order valence-electron chi connectivity index (χ1n) is 6.66. The summed E-state index contributed by atoms with van der Waals surface area (Å²) in [6, 6.07) is 10.3. The van der Waals surface area contributed by atoms with Crippen molar-refractivity contribution in [3.8, 4) is 0 Å². The van der Waals surface area contributed by atoms with Gasteiger partial charge in [-0.25, -0.2) is 0 Å². The molecule has 1 N–H and O–H groups in total. The van der Waals surface area contributed by atoms with E-state index in [-0.39, 0.29) is 11.5 Å². The van der Waals surface area contributed by atoms with Gasteiger partial charge in [0.25, 0.3) is 0 Å². The largest absolute Gasteiger partial charge is 0.423 e. The number of nitrogens with zero attached hydrogens (tertiary/aromatic N) is 2. The highest BCUT2D eigenvalue weighted by Crippen LogP contribution is 2.31. The summed E-state index contributed by atoms with van der Waals surface area (Å²) in [7, 11) is 1.90. The predicted octanol–water partition coefficient (Wildman–Crippen LogP) is 3.07. The van der Waals surface area contributed by atoms with Gasteiger partial charge in [0.1, 0.15) is 0 Å². The van der Waals surface area contributed by atoms with E-state index >= 15 is 0 Å². The molecule has 4 heteroatoms. The van der Waals surface area contributed by atoms with Crippen LogP contribution in [0.4, 0.5) is 0 Å². The molecule has 0 aliphatic rings. The Kier molecular flexibility index (Phi) is 4.00. The minimum atomic E-state index is -0.279. The van der Waals surface area contributed by atoms with Gasteiger partial charge >= 0.3 is 0 Å². The van der Waals surface area contributed by atoms with Gasteiger partial charge in [0.2, 0.25) is 11.8 Å². The summed E-state index contributed by atoms with van der Waals surface area (Å²) in [5, 5.41) is 11.6. The maximum absolute atomic E-state index is 5.86. The lowest BCUT2D eigenvalue weighted by molar-refractivity contribution is 0.351. The minimum absolute atomic E-state index is 0.118. The monoisotopic (exact) mass is 259 g/mol. The van der Waals surface area contributed by atoms with Crippen LogP contribution in [0.2, 0.25) is 0 Å². The molecule has 0 fully saturated rings. The topological polar surface area (TPSA) is 51.0 Å². The average Bonchev–Trinajstić information content (AvgIpc) is 2.92. The molecule has 0 amide bonds. The lowest BCUT2D eigenvalue weighted by Gasteiger charge is -2.20. The van der Waals surface area contributed by atoms with Gasteiger partial charge in [-0.15, -0.1) is 10.2 Å². The molecule has 0 bridgehead atoms. The van der Waals surface area contributed by atoms with E-state index in [0.717, 1.165) is 6.42 Å². The molecular formula is C15H21N3O. The van der Waals surface area contributed by atoms with Gasteiger partial charge in [-0.05, 0) is 32.9 Å².